The van der Waals surface area contributed by atoms with Crippen LogP contribution in [-0.2, 0) is 24.8 Å². The number of nitrogens with one attached hydrogen (secondary N) is 2. The van der Waals surface area contributed by atoms with Gasteiger partial charge in [-0.3, -0.25) is 0 Å². The zero-order valence-electron chi connectivity index (χ0n) is 17.9. The molecular weight excluding hydrogens is 491 g/mol. The average Bonchev–Trinajstić information content (AvgIpc) is 3.14. The Balaban J connectivity index is 0.00000256. The van der Waals surface area contributed by atoms with Crippen molar-refractivity contribution in [3.05, 3.63) is 47.5 Å². The molecule has 0 radical (unpaired) electrons. The maximum absolute atomic E-state index is 5.75. The second-order valence-corrected chi connectivity index (χ2v) is 8.42. The highest BCUT2D eigenvalue weighted by Gasteiger charge is 2.42. The number of nitrogens with zero attached hydrogens (tertiary/aromatic N) is 4. The van der Waals surface area contributed by atoms with Gasteiger partial charge in [-0.15, -0.1) is 34.2 Å². The minimum atomic E-state index is 0. The first-order valence-electron chi connectivity index (χ1n) is 10.7. The Morgan fingerprint density at radius 2 is 2.03 bits per heavy atom. The fourth-order valence-electron chi connectivity index (χ4n) is 3.82. The number of guanidine groups is 1. The van der Waals surface area contributed by atoms with E-state index >= 15 is 0 Å². The molecule has 1 saturated heterocycles. The van der Waals surface area contributed by atoms with E-state index in [2.05, 4.69) is 51.2 Å². The smallest absolute Gasteiger partial charge is 0.191 e. The molecule has 8 heteroatoms. The van der Waals surface area contributed by atoms with Crippen LogP contribution in [0, 0.1) is 12.3 Å². The Morgan fingerprint density at radius 3 is 2.67 bits per heavy atom. The number of aryl methyl sites for hydroxylation is 1. The lowest BCUT2D eigenvalue weighted by Crippen LogP contribution is -2.43. The highest BCUT2D eigenvalue weighted by molar-refractivity contribution is 14.0. The Kier molecular flexibility index (Phi) is 8.10. The highest BCUT2D eigenvalue weighted by Crippen LogP contribution is 2.47. The quantitative estimate of drug-likeness (QED) is 0.316. The highest BCUT2D eigenvalue weighted by atomic mass is 127. The number of benzene rings is 1. The van der Waals surface area contributed by atoms with E-state index < -0.39 is 0 Å². The third-order valence-electron chi connectivity index (χ3n) is 6.09. The van der Waals surface area contributed by atoms with Crippen molar-refractivity contribution >= 4 is 29.9 Å². The molecule has 2 aromatic rings. The second-order valence-electron chi connectivity index (χ2n) is 8.42. The summed E-state index contributed by atoms with van der Waals surface area (Å²) in [5, 5.41) is 15.4. The molecule has 1 aliphatic carbocycles. The van der Waals surface area contributed by atoms with Crippen LogP contribution in [0.1, 0.15) is 42.9 Å². The van der Waals surface area contributed by atoms with Crippen LogP contribution in [0.2, 0.25) is 0 Å². The number of aliphatic imine (C=N–C) groups is 1. The molecule has 30 heavy (non-hydrogen) atoms. The summed E-state index contributed by atoms with van der Waals surface area (Å²) >= 11 is 0. The van der Waals surface area contributed by atoms with E-state index in [1.54, 1.807) is 0 Å². The van der Waals surface area contributed by atoms with Gasteiger partial charge in [0.1, 0.15) is 12.4 Å². The summed E-state index contributed by atoms with van der Waals surface area (Å²) in [6, 6.07) is 10.8. The van der Waals surface area contributed by atoms with Crippen LogP contribution in [0.25, 0.3) is 0 Å². The molecule has 2 fully saturated rings. The van der Waals surface area contributed by atoms with E-state index in [4.69, 9.17) is 9.73 Å². The number of hydrogen-bond donors (Lipinski definition) is 2. The van der Waals surface area contributed by atoms with E-state index in [1.165, 1.54) is 18.4 Å². The molecule has 0 spiro atoms. The summed E-state index contributed by atoms with van der Waals surface area (Å²) in [5.74, 6) is 2.60. The third-order valence-corrected chi connectivity index (χ3v) is 6.09. The van der Waals surface area contributed by atoms with Gasteiger partial charge in [-0.2, -0.15) is 0 Å². The van der Waals surface area contributed by atoms with Gasteiger partial charge in [0.05, 0.1) is 6.10 Å². The van der Waals surface area contributed by atoms with Gasteiger partial charge in [0, 0.05) is 26.7 Å². The molecule has 0 amide bonds. The van der Waals surface area contributed by atoms with E-state index in [1.807, 2.05) is 18.5 Å². The van der Waals surface area contributed by atoms with Crippen LogP contribution in [0.15, 0.2) is 35.3 Å². The third kappa shape index (κ3) is 6.16. The van der Waals surface area contributed by atoms with Crippen molar-refractivity contribution in [1.29, 1.82) is 0 Å². The van der Waals surface area contributed by atoms with Crippen molar-refractivity contribution in [2.75, 3.05) is 19.7 Å². The van der Waals surface area contributed by atoms with Gasteiger partial charge < -0.3 is 19.9 Å². The first kappa shape index (κ1) is 23.0. The molecule has 164 valence electrons. The largest absolute Gasteiger partial charge is 0.376 e. The lowest BCUT2D eigenvalue weighted by atomic mass is 9.96. The van der Waals surface area contributed by atoms with E-state index in [-0.39, 0.29) is 30.1 Å². The zero-order chi connectivity index (χ0) is 20.1. The van der Waals surface area contributed by atoms with Crippen LogP contribution in [0.5, 0.6) is 0 Å². The summed E-state index contributed by atoms with van der Waals surface area (Å²) in [4.78, 5) is 4.78. The van der Waals surface area contributed by atoms with Gasteiger partial charge in [0.25, 0.3) is 0 Å². The molecule has 1 aromatic carbocycles. The number of hydrogen-bond acceptors (Lipinski definition) is 4. The van der Waals surface area contributed by atoms with Gasteiger partial charge in [-0.05, 0) is 50.0 Å². The van der Waals surface area contributed by atoms with Crippen molar-refractivity contribution in [3.63, 3.8) is 0 Å². The minimum absolute atomic E-state index is 0. The molecule has 1 aromatic heterocycles. The van der Waals surface area contributed by atoms with Crippen molar-refractivity contribution in [2.45, 2.75) is 51.7 Å². The van der Waals surface area contributed by atoms with Crippen molar-refractivity contribution in [1.82, 2.24) is 25.4 Å². The molecule has 1 saturated carbocycles. The fourth-order valence-corrected chi connectivity index (χ4v) is 3.82. The number of ether oxygens (including phenoxy) is 1. The van der Waals surface area contributed by atoms with Crippen LogP contribution in [0.3, 0.4) is 0 Å². The Labute approximate surface area is 196 Å². The van der Waals surface area contributed by atoms with Crippen LogP contribution in [0.4, 0.5) is 0 Å². The molecular formula is C22H33IN6O. The summed E-state index contributed by atoms with van der Waals surface area (Å²) in [6.45, 7) is 5.04. The standard InChI is InChI=1S/C22H32N6O.HI/c1-17-26-27-20(28(17)2)15-24-21(23-14-19-9-6-12-29-19)25-16-22(10-11-22)13-18-7-4-3-5-8-18;/h3-5,7-8,19H,6,9-16H2,1-2H3,(H2,23,24,25);1H. The molecule has 7 nitrogen and oxygen atoms in total. The van der Waals surface area contributed by atoms with Gasteiger partial charge >= 0.3 is 0 Å². The van der Waals surface area contributed by atoms with E-state index in [0.717, 1.165) is 56.6 Å². The molecule has 4 rings (SSSR count). The lowest BCUT2D eigenvalue weighted by molar-refractivity contribution is 0.113. The van der Waals surface area contributed by atoms with Gasteiger partial charge in [-0.1, -0.05) is 30.3 Å². The summed E-state index contributed by atoms with van der Waals surface area (Å²) < 4.78 is 7.74. The maximum Gasteiger partial charge on any atom is 0.191 e. The van der Waals surface area contributed by atoms with Crippen LogP contribution >= 0.6 is 24.0 Å². The Bertz CT molecular complexity index is 827. The zero-order valence-corrected chi connectivity index (χ0v) is 20.3. The Hall–Kier alpha value is -1.68. The molecule has 2 aliphatic rings. The van der Waals surface area contributed by atoms with Gasteiger partial charge in [0.15, 0.2) is 11.8 Å². The normalized spacial score (nSPS) is 19.9. The molecule has 1 atom stereocenters. The van der Waals surface area contributed by atoms with Gasteiger partial charge in [-0.25, -0.2) is 4.99 Å². The van der Waals surface area contributed by atoms with Crippen LogP contribution in [-0.4, -0.2) is 46.5 Å². The molecule has 1 unspecified atom stereocenters. The van der Waals surface area contributed by atoms with E-state index in [9.17, 15) is 0 Å². The Morgan fingerprint density at radius 1 is 1.23 bits per heavy atom. The van der Waals surface area contributed by atoms with Gasteiger partial charge in [0.2, 0.25) is 0 Å². The van der Waals surface area contributed by atoms with E-state index in [0.29, 0.717) is 12.0 Å². The second kappa shape index (κ2) is 10.6. The number of aromatic nitrogens is 3. The SMILES string of the molecule is Cc1nnc(CN=C(NCC2CCCO2)NCC2(Cc3ccccc3)CC2)n1C.I. The lowest BCUT2D eigenvalue weighted by Gasteiger charge is -2.20. The maximum atomic E-state index is 5.75. The summed E-state index contributed by atoms with van der Waals surface area (Å²) in [7, 11) is 1.98. The first-order valence-corrected chi connectivity index (χ1v) is 10.7. The molecule has 0 bridgehead atoms. The minimum Gasteiger partial charge on any atom is -0.376 e. The monoisotopic (exact) mass is 524 g/mol. The predicted molar refractivity (Wildman–Crippen MR) is 129 cm³/mol. The summed E-state index contributed by atoms with van der Waals surface area (Å²) in [5.41, 5.74) is 1.75. The van der Waals surface area contributed by atoms with Crippen molar-refractivity contribution in [3.8, 4) is 0 Å². The first-order chi connectivity index (χ1) is 14.1. The number of rotatable bonds is 8. The van der Waals surface area contributed by atoms with Crippen LogP contribution < -0.4 is 10.6 Å². The molecule has 2 N–H and O–H groups in total. The summed E-state index contributed by atoms with van der Waals surface area (Å²) in [6.07, 6.45) is 6.17. The predicted octanol–water partition coefficient (Wildman–Crippen LogP) is 2.98. The van der Waals surface area contributed by atoms with Crippen molar-refractivity contribution in [2.24, 2.45) is 17.5 Å². The average molecular weight is 524 g/mol. The molecule has 1 aliphatic heterocycles. The molecule has 2 heterocycles. The number of halogens is 1. The fraction of sp³-hybridized carbons (Fsp3) is 0.591. The van der Waals surface area contributed by atoms with Crippen molar-refractivity contribution < 1.29 is 4.74 Å². The topological polar surface area (TPSA) is 76.4 Å².